The molecule has 0 saturated heterocycles. The van der Waals surface area contributed by atoms with E-state index in [-0.39, 0.29) is 5.48 Å². The van der Waals surface area contributed by atoms with Crippen LogP contribution in [0, 0.1) is 0 Å². The summed E-state index contributed by atoms with van der Waals surface area (Å²) in [4.78, 5) is 21.6. The molecule has 0 unspecified atom stereocenters. The molecule has 0 aliphatic rings. The van der Waals surface area contributed by atoms with Crippen molar-refractivity contribution in [3.63, 3.8) is 0 Å². The number of hydrogen-bond acceptors (Lipinski definition) is 2. The zero-order valence-electron chi connectivity index (χ0n) is 22.1. The lowest BCUT2D eigenvalue weighted by molar-refractivity contribution is 0.125. The maximum Gasteiger partial charge on any atom is 0.466 e. The van der Waals surface area contributed by atoms with Crippen molar-refractivity contribution in [2.24, 2.45) is 0 Å². The smallest absolute Gasteiger partial charge is 0.412 e. The minimum atomic E-state index is -4.64. The highest BCUT2D eigenvalue weighted by molar-refractivity contribution is 7.45. The van der Waals surface area contributed by atoms with Gasteiger partial charge in [0.15, 0.2) is 0 Å². The number of hydrogen-bond donors (Lipinski definition) is 3. The van der Waals surface area contributed by atoms with Crippen LogP contribution in [-0.4, -0.2) is 33.4 Å². The molecule has 0 radical (unpaired) electrons. The van der Waals surface area contributed by atoms with E-state index < -0.39 is 7.82 Å². The summed E-state index contributed by atoms with van der Waals surface area (Å²) >= 11 is 0. The van der Waals surface area contributed by atoms with Gasteiger partial charge in [0.25, 0.3) is 0 Å². The second-order valence-electron chi connectivity index (χ2n) is 9.20. The van der Waals surface area contributed by atoms with Gasteiger partial charge in [-0.15, -0.1) is 0 Å². The first-order valence-electron chi connectivity index (χ1n) is 13.8. The van der Waals surface area contributed by atoms with E-state index in [1.165, 1.54) is 141 Å². The van der Waals surface area contributed by atoms with E-state index in [0.717, 1.165) is 13.2 Å². The molecule has 0 bridgehead atoms. The summed E-state index contributed by atoms with van der Waals surface area (Å²) in [6, 6.07) is 0. The van der Waals surface area contributed by atoms with Gasteiger partial charge in [0.2, 0.25) is 0 Å². The maximum absolute atomic E-state index is 8.88. The fraction of sp³-hybridized carbons (Fsp3) is 1.00. The highest BCUT2D eigenvalue weighted by Gasteiger charge is 2.00. The molecule has 33 heavy (non-hydrogen) atoms. The van der Waals surface area contributed by atoms with Gasteiger partial charge in [-0.3, -0.25) is 0 Å². The van der Waals surface area contributed by atoms with Crippen LogP contribution in [0.3, 0.4) is 0 Å². The van der Waals surface area contributed by atoms with Crippen molar-refractivity contribution in [1.29, 1.82) is 0 Å². The molecule has 0 rings (SSSR count). The maximum atomic E-state index is 8.88. The van der Waals surface area contributed by atoms with Crippen LogP contribution in [-0.2, 0) is 9.30 Å². The van der Waals surface area contributed by atoms with Crippen molar-refractivity contribution in [2.45, 2.75) is 155 Å². The molecule has 0 aromatic carbocycles. The third-order valence-electron chi connectivity index (χ3n) is 5.78. The van der Waals surface area contributed by atoms with Gasteiger partial charge < -0.3 is 24.9 Å². The van der Waals surface area contributed by atoms with E-state index in [2.05, 4.69) is 13.8 Å². The van der Waals surface area contributed by atoms with Crippen molar-refractivity contribution >= 4 is 7.82 Å². The minimum absolute atomic E-state index is 0. The van der Waals surface area contributed by atoms with Crippen LogP contribution < -0.4 is 0 Å². The normalized spacial score (nSPS) is 11.1. The number of rotatable bonds is 24. The summed E-state index contributed by atoms with van der Waals surface area (Å²) in [6.45, 7) is 6.58. The molecular formula is C26H59O6P. The van der Waals surface area contributed by atoms with Crippen LogP contribution in [0.4, 0.5) is 0 Å². The second-order valence-corrected chi connectivity index (χ2v) is 10.2. The average Bonchev–Trinajstić information content (AvgIpc) is 2.73. The van der Waals surface area contributed by atoms with E-state index >= 15 is 0 Å². The van der Waals surface area contributed by atoms with Crippen molar-refractivity contribution in [3.8, 4) is 0 Å². The molecule has 0 amide bonds. The quantitative estimate of drug-likeness (QED) is 0.0924. The molecule has 0 fully saturated rings. The number of phosphoric acid groups is 1. The van der Waals surface area contributed by atoms with Gasteiger partial charge in [-0.1, -0.05) is 142 Å². The van der Waals surface area contributed by atoms with Crippen molar-refractivity contribution in [3.05, 3.63) is 0 Å². The molecule has 6 nitrogen and oxygen atoms in total. The van der Waals surface area contributed by atoms with E-state index in [0.29, 0.717) is 0 Å². The lowest BCUT2D eigenvalue weighted by atomic mass is 10.1. The Bertz CT molecular complexity index is 344. The highest BCUT2D eigenvalue weighted by Crippen LogP contribution is 2.25. The van der Waals surface area contributed by atoms with Gasteiger partial charge >= 0.3 is 7.82 Å². The lowest BCUT2D eigenvalue weighted by Gasteiger charge is -2.05. The van der Waals surface area contributed by atoms with Crippen molar-refractivity contribution in [1.82, 2.24) is 0 Å². The first-order valence-corrected chi connectivity index (χ1v) is 15.3. The van der Waals surface area contributed by atoms with Gasteiger partial charge in [-0.2, -0.15) is 0 Å². The summed E-state index contributed by atoms with van der Waals surface area (Å²) in [6.07, 6.45) is 31.1. The summed E-state index contributed by atoms with van der Waals surface area (Å²) in [5, 5.41) is 0. The molecule has 0 aromatic heterocycles. The van der Waals surface area contributed by atoms with Crippen LogP contribution >= 0.6 is 7.82 Å². The molecule has 5 N–H and O–H groups in total. The Hall–Kier alpha value is 0.0300. The summed E-state index contributed by atoms with van der Waals surface area (Å²) in [7, 11) is -4.64. The molecule has 0 aromatic rings. The number of ether oxygens (including phenoxy) is 1. The molecular weight excluding hydrogens is 439 g/mol. The molecule has 0 atom stereocenters. The molecule has 7 heteroatoms. The van der Waals surface area contributed by atoms with Crippen molar-refractivity contribution < 1.29 is 29.5 Å². The van der Waals surface area contributed by atoms with Crippen LogP contribution in [0.5, 0.6) is 0 Å². The largest absolute Gasteiger partial charge is 0.466 e. The molecule has 0 heterocycles. The van der Waals surface area contributed by atoms with Gasteiger partial charge in [-0.25, -0.2) is 4.57 Å². The third kappa shape index (κ3) is 50.0. The van der Waals surface area contributed by atoms with Gasteiger partial charge in [0, 0.05) is 13.2 Å². The predicted octanol–water partition coefficient (Wildman–Crippen LogP) is 7.87. The average molecular weight is 499 g/mol. The molecule has 0 saturated carbocycles. The SMILES string of the molecule is CCCCCCCCCCCCCOCCCCCCCCCCCCC.O.O=P(O)(O)O. The van der Waals surface area contributed by atoms with E-state index in [1.807, 2.05) is 0 Å². The Balaban J connectivity index is -0.00000134. The first-order chi connectivity index (χ1) is 15.4. The lowest BCUT2D eigenvalue weighted by Crippen LogP contribution is -1.97. The first kappa shape index (κ1) is 37.6. The van der Waals surface area contributed by atoms with Crippen LogP contribution in [0.1, 0.15) is 155 Å². The molecule has 0 aliphatic carbocycles. The Morgan fingerprint density at radius 3 is 0.848 bits per heavy atom. The zero-order valence-corrected chi connectivity index (χ0v) is 23.0. The Kier molecular flexibility index (Phi) is 36.5. The van der Waals surface area contributed by atoms with E-state index in [4.69, 9.17) is 24.0 Å². The van der Waals surface area contributed by atoms with Crippen LogP contribution in [0.2, 0.25) is 0 Å². The van der Waals surface area contributed by atoms with E-state index in [1.54, 1.807) is 0 Å². The molecule has 0 spiro atoms. The minimum Gasteiger partial charge on any atom is -0.412 e. The fourth-order valence-electron chi connectivity index (χ4n) is 3.84. The summed E-state index contributed by atoms with van der Waals surface area (Å²) in [5.74, 6) is 0. The third-order valence-corrected chi connectivity index (χ3v) is 5.78. The zero-order chi connectivity index (χ0) is 24.2. The molecule has 0 aliphatic heterocycles. The predicted molar refractivity (Wildman–Crippen MR) is 142 cm³/mol. The Morgan fingerprint density at radius 1 is 0.455 bits per heavy atom. The Morgan fingerprint density at radius 2 is 0.636 bits per heavy atom. The van der Waals surface area contributed by atoms with Crippen molar-refractivity contribution in [2.75, 3.05) is 13.2 Å². The van der Waals surface area contributed by atoms with Crippen LogP contribution in [0.15, 0.2) is 0 Å². The molecule has 204 valence electrons. The second kappa shape index (κ2) is 32.0. The number of unbranched alkanes of at least 4 members (excludes halogenated alkanes) is 20. The fourth-order valence-corrected chi connectivity index (χ4v) is 3.84. The Labute approximate surface area is 205 Å². The van der Waals surface area contributed by atoms with Gasteiger partial charge in [0.1, 0.15) is 0 Å². The van der Waals surface area contributed by atoms with Gasteiger partial charge in [0.05, 0.1) is 0 Å². The monoisotopic (exact) mass is 498 g/mol. The highest BCUT2D eigenvalue weighted by atomic mass is 31.2. The van der Waals surface area contributed by atoms with E-state index in [9.17, 15) is 0 Å². The summed E-state index contributed by atoms with van der Waals surface area (Å²) in [5.41, 5.74) is 0. The standard InChI is InChI=1S/C26H54O.H3O4P.H2O/c1-3-5-7-9-11-13-15-17-19-21-23-25-27-26-24-22-20-18-16-14-12-10-8-6-4-2;1-5(2,3)4;/h3-26H2,1-2H3;(H3,1,2,3,4);1H2. The van der Waals surface area contributed by atoms with Crippen LogP contribution in [0.25, 0.3) is 0 Å². The summed E-state index contributed by atoms with van der Waals surface area (Å²) < 4.78 is 14.7. The van der Waals surface area contributed by atoms with Gasteiger partial charge in [-0.05, 0) is 12.8 Å². The topological polar surface area (TPSA) is 118 Å².